The second kappa shape index (κ2) is 2.74. The summed E-state index contributed by atoms with van der Waals surface area (Å²) in [6.45, 7) is 6.59. The summed E-state index contributed by atoms with van der Waals surface area (Å²) in [6.07, 6.45) is 0.774. The van der Waals surface area contributed by atoms with Crippen LogP contribution in [-0.4, -0.2) is 14.2 Å². The molecule has 0 fully saturated rings. The van der Waals surface area contributed by atoms with Crippen LogP contribution in [0.3, 0.4) is 0 Å². The molecule has 0 bridgehead atoms. The fourth-order valence-corrected chi connectivity index (χ4v) is 0.742. The monoisotopic (exact) mass is 130 g/mol. The summed E-state index contributed by atoms with van der Waals surface area (Å²) in [6, 6.07) is 0. The first kappa shape index (κ1) is 7.53. The van der Waals surface area contributed by atoms with Gasteiger partial charge in [0.1, 0.15) is 16.8 Å². The van der Waals surface area contributed by atoms with E-state index in [1.165, 1.54) is 0 Å². The van der Waals surface area contributed by atoms with Crippen molar-refractivity contribution in [2.45, 2.75) is 19.6 Å². The Bertz CT molecular complexity index is 109. The van der Waals surface area contributed by atoms with Crippen molar-refractivity contribution in [2.24, 2.45) is 5.11 Å². The van der Waals surface area contributed by atoms with E-state index in [1.54, 1.807) is 0 Å². The number of rotatable bonds is 2. The zero-order valence-corrected chi connectivity index (χ0v) is 6.60. The van der Waals surface area contributed by atoms with Gasteiger partial charge < -0.3 is 0 Å². The van der Waals surface area contributed by atoms with Crippen LogP contribution in [0.2, 0.25) is 19.6 Å². The van der Waals surface area contributed by atoms with Crippen molar-refractivity contribution in [1.29, 1.82) is 5.53 Å². The van der Waals surface area contributed by atoms with Crippen LogP contribution in [0.25, 0.3) is 0 Å². The minimum absolute atomic E-state index is 0.774. The van der Waals surface area contributed by atoms with E-state index in [4.69, 9.17) is 5.53 Å². The summed E-state index contributed by atoms with van der Waals surface area (Å²) in [5.41, 5.74) is 6.36. The van der Waals surface area contributed by atoms with Gasteiger partial charge in [-0.3, -0.25) is 0 Å². The lowest BCUT2D eigenvalue weighted by molar-refractivity contribution is 0.930. The molecule has 0 rings (SSSR count). The highest BCUT2D eigenvalue weighted by Crippen LogP contribution is 1.98. The zero-order valence-electron chi connectivity index (χ0n) is 5.60. The van der Waals surface area contributed by atoms with Crippen molar-refractivity contribution in [3.8, 4) is 0 Å². The summed E-state index contributed by atoms with van der Waals surface area (Å²) in [5, 5.41) is 3.60. The first-order chi connectivity index (χ1) is 3.56. The van der Waals surface area contributed by atoms with Gasteiger partial charge >= 0.3 is 0 Å². The summed E-state index contributed by atoms with van der Waals surface area (Å²) >= 11 is 0. The molecule has 0 spiro atoms. The molecule has 0 aliphatic heterocycles. The number of hydrogen-bond donors (Lipinski definition) is 1. The van der Waals surface area contributed by atoms with E-state index in [9.17, 15) is 0 Å². The Hall–Kier alpha value is -0.473. The van der Waals surface area contributed by atoms with Gasteiger partial charge in [-0.25, -0.2) is 0 Å². The standard InChI is InChI=1S/C4H12N3Si/c1-8(2,3)4-6-7-5/h5H,4H2,1-3H3/q+1. The minimum Gasteiger partial charge on any atom is -0.0677 e. The second-order valence-electron chi connectivity index (χ2n) is 2.96. The molecule has 0 aromatic heterocycles. The average Bonchev–Trinajstić information content (AvgIpc) is 1.59. The van der Waals surface area contributed by atoms with Crippen LogP contribution in [0, 0.1) is 5.53 Å². The molecular formula is C4H12N3Si+. The first-order valence-electron chi connectivity index (χ1n) is 2.59. The summed E-state index contributed by atoms with van der Waals surface area (Å²) < 4.78 is 0. The van der Waals surface area contributed by atoms with E-state index >= 15 is 0 Å². The molecule has 0 saturated heterocycles. The van der Waals surface area contributed by atoms with Gasteiger partial charge in [-0.05, 0) is 0 Å². The molecule has 0 unspecified atom stereocenters. The number of nitrogens with zero attached hydrogens (tertiary/aromatic N) is 2. The predicted octanol–water partition coefficient (Wildman–Crippen LogP) is 1.41. The quantitative estimate of drug-likeness (QED) is 0.334. The second-order valence-corrected chi connectivity index (χ2v) is 8.40. The Labute approximate surface area is 50.3 Å². The van der Waals surface area contributed by atoms with Crippen molar-refractivity contribution in [1.82, 2.24) is 4.91 Å². The Balaban J connectivity index is 3.55. The smallest absolute Gasteiger partial charge is 0.0677 e. The van der Waals surface area contributed by atoms with Crippen molar-refractivity contribution >= 4 is 8.07 Å². The molecular weight excluding hydrogens is 118 g/mol. The van der Waals surface area contributed by atoms with Gasteiger partial charge in [-0.2, -0.15) is 0 Å². The normalized spacial score (nSPS) is 10.4. The lowest BCUT2D eigenvalue weighted by atomic mass is 11.5. The minimum atomic E-state index is -1.06. The average molecular weight is 130 g/mol. The lowest BCUT2D eigenvalue weighted by Crippen LogP contribution is -2.24. The fourth-order valence-electron chi connectivity index (χ4n) is 0.247. The van der Waals surface area contributed by atoms with E-state index in [0.717, 1.165) is 6.17 Å². The third-order valence-electron chi connectivity index (χ3n) is 0.616. The molecule has 0 heterocycles. The van der Waals surface area contributed by atoms with Gasteiger partial charge in [0, 0.05) is 0 Å². The van der Waals surface area contributed by atoms with Crippen LogP contribution in [-0.2, 0) is 0 Å². The van der Waals surface area contributed by atoms with Crippen LogP contribution in [0.15, 0.2) is 5.11 Å². The van der Waals surface area contributed by atoms with Crippen molar-refractivity contribution in [3.05, 3.63) is 0 Å². The van der Waals surface area contributed by atoms with E-state index in [-0.39, 0.29) is 0 Å². The van der Waals surface area contributed by atoms with Crippen LogP contribution < -0.4 is 4.91 Å². The maximum atomic E-state index is 6.36. The van der Waals surface area contributed by atoms with Crippen LogP contribution in [0.4, 0.5) is 0 Å². The molecule has 0 atom stereocenters. The molecule has 0 aliphatic carbocycles. The molecule has 1 N–H and O–H groups in total. The van der Waals surface area contributed by atoms with Crippen LogP contribution in [0.5, 0.6) is 0 Å². The van der Waals surface area contributed by atoms with E-state index in [0.29, 0.717) is 0 Å². The van der Waals surface area contributed by atoms with Crippen molar-refractivity contribution in [2.75, 3.05) is 6.17 Å². The third-order valence-corrected chi connectivity index (χ3v) is 1.71. The van der Waals surface area contributed by atoms with Gasteiger partial charge in [0.25, 0.3) is 0 Å². The highest BCUT2D eigenvalue weighted by atomic mass is 28.3. The third kappa shape index (κ3) is 5.53. The number of nitrogens with one attached hydrogen (secondary N) is 1. The summed E-state index contributed by atoms with van der Waals surface area (Å²) in [7, 11) is -1.06. The Morgan fingerprint density at radius 2 is 2.00 bits per heavy atom. The molecule has 8 heavy (non-hydrogen) atoms. The maximum absolute atomic E-state index is 6.36. The Morgan fingerprint density at radius 3 is 2.12 bits per heavy atom. The molecule has 46 valence electrons. The van der Waals surface area contributed by atoms with Gasteiger partial charge in [-0.15, -0.1) is 0 Å². The lowest BCUT2D eigenvalue weighted by Gasteiger charge is -2.05. The molecule has 0 aromatic carbocycles. The van der Waals surface area contributed by atoms with E-state index in [2.05, 4.69) is 29.7 Å². The molecule has 3 nitrogen and oxygen atoms in total. The largest absolute Gasteiger partial charge is 0.213 e. The summed E-state index contributed by atoms with van der Waals surface area (Å²) in [4.78, 5) is 2.93. The van der Waals surface area contributed by atoms with Gasteiger partial charge in [-0.1, -0.05) is 19.6 Å². The van der Waals surface area contributed by atoms with Gasteiger partial charge in [0.15, 0.2) is 0 Å². The van der Waals surface area contributed by atoms with Crippen LogP contribution in [0.1, 0.15) is 0 Å². The molecule has 0 saturated carbocycles. The van der Waals surface area contributed by atoms with Gasteiger partial charge in [0.05, 0.1) is 8.07 Å². The van der Waals surface area contributed by atoms with Gasteiger partial charge in [0.2, 0.25) is 4.91 Å². The van der Waals surface area contributed by atoms with E-state index in [1.807, 2.05) is 0 Å². The molecule has 0 radical (unpaired) electrons. The highest BCUT2D eigenvalue weighted by Gasteiger charge is 2.14. The molecule has 0 aliphatic rings. The van der Waals surface area contributed by atoms with Crippen LogP contribution >= 0.6 is 0 Å². The molecule has 0 amide bonds. The maximum Gasteiger partial charge on any atom is 0.213 e. The topological polar surface area (TPSA) is 50.3 Å². The Morgan fingerprint density at radius 1 is 1.50 bits per heavy atom. The van der Waals surface area contributed by atoms with E-state index < -0.39 is 8.07 Å². The highest BCUT2D eigenvalue weighted by molar-refractivity contribution is 6.76. The fraction of sp³-hybridized carbons (Fsp3) is 1.00. The zero-order chi connectivity index (χ0) is 6.62. The SMILES string of the molecule is C[Si](C)(C)CN=[N+]=N. The van der Waals surface area contributed by atoms with Crippen molar-refractivity contribution < 1.29 is 0 Å². The number of hydrogen-bond acceptors (Lipinski definition) is 2. The molecule has 0 aromatic rings. The first-order valence-corrected chi connectivity index (χ1v) is 6.30. The Kier molecular flexibility index (Phi) is 2.58. The summed E-state index contributed by atoms with van der Waals surface area (Å²) in [5.74, 6) is 0. The molecule has 4 heteroatoms. The predicted molar refractivity (Wildman–Crippen MR) is 35.5 cm³/mol. The van der Waals surface area contributed by atoms with Crippen molar-refractivity contribution in [3.63, 3.8) is 0 Å².